The number of amides is 2. The Morgan fingerprint density at radius 3 is 2.45 bits per heavy atom. The molecule has 2 aromatic heterocycles. The smallest absolute Gasteiger partial charge is 0.273 e. The Morgan fingerprint density at radius 2 is 1.86 bits per heavy atom. The van der Waals surface area contributed by atoms with Crippen LogP contribution in [0, 0.1) is 6.92 Å². The molecule has 29 heavy (non-hydrogen) atoms. The van der Waals surface area contributed by atoms with Crippen molar-refractivity contribution >= 4 is 38.6 Å². The molecular weight excluding hydrogens is 390 g/mol. The third kappa shape index (κ3) is 4.63. The van der Waals surface area contributed by atoms with E-state index in [2.05, 4.69) is 20.7 Å². The number of aromatic nitrogens is 3. The molecular formula is C20H25N5O3S. The van der Waals surface area contributed by atoms with Gasteiger partial charge in [-0.2, -0.15) is 10.1 Å². The van der Waals surface area contributed by atoms with Gasteiger partial charge in [-0.25, -0.2) is 4.68 Å². The highest BCUT2D eigenvalue weighted by atomic mass is 32.1. The van der Waals surface area contributed by atoms with E-state index in [9.17, 15) is 14.7 Å². The summed E-state index contributed by atoms with van der Waals surface area (Å²) in [6, 6.07) is 7.25. The molecule has 2 heterocycles. The lowest BCUT2D eigenvalue weighted by atomic mass is 10.1. The summed E-state index contributed by atoms with van der Waals surface area (Å²) < 4.78 is 2.26. The van der Waals surface area contributed by atoms with Gasteiger partial charge in [-0.3, -0.25) is 14.9 Å². The highest BCUT2D eigenvalue weighted by molar-refractivity contribution is 7.22. The molecule has 0 spiro atoms. The van der Waals surface area contributed by atoms with Crippen LogP contribution in [0.25, 0.3) is 10.3 Å². The monoisotopic (exact) mass is 415 g/mol. The van der Waals surface area contributed by atoms with E-state index >= 15 is 0 Å². The number of anilines is 1. The Bertz CT molecular complexity index is 1040. The van der Waals surface area contributed by atoms with Gasteiger partial charge >= 0.3 is 0 Å². The number of thiazole rings is 1. The second kappa shape index (κ2) is 7.92. The summed E-state index contributed by atoms with van der Waals surface area (Å²) in [7, 11) is 0. The largest absolute Gasteiger partial charge is 0.392 e. The molecule has 1 aromatic carbocycles. The number of aryl methyl sites for hydroxylation is 1. The lowest BCUT2D eigenvalue weighted by Gasteiger charge is -2.19. The average Bonchev–Trinajstić information content (AvgIpc) is 3.18. The fraction of sp³-hybridized carbons (Fsp3) is 0.400. The van der Waals surface area contributed by atoms with Crippen LogP contribution in [0.3, 0.4) is 0 Å². The van der Waals surface area contributed by atoms with Crippen molar-refractivity contribution in [3.63, 3.8) is 0 Å². The molecule has 0 radical (unpaired) electrons. The van der Waals surface area contributed by atoms with Crippen LogP contribution < -0.4 is 10.6 Å². The van der Waals surface area contributed by atoms with Gasteiger partial charge in [0.1, 0.15) is 4.70 Å². The highest BCUT2D eigenvalue weighted by Gasteiger charge is 2.27. The van der Waals surface area contributed by atoms with Crippen molar-refractivity contribution in [2.24, 2.45) is 0 Å². The summed E-state index contributed by atoms with van der Waals surface area (Å²) >= 11 is 1.20. The molecule has 0 fully saturated rings. The number of aliphatic hydroxyl groups excluding tert-OH is 1. The lowest BCUT2D eigenvalue weighted by molar-refractivity contribution is 0.0918. The Balaban J connectivity index is 1.95. The number of fused-ring (bicyclic) bond motifs is 1. The molecule has 0 aliphatic rings. The SMILES string of the molecule is Cc1ccc(C(=O)Nc2nc3c(s2)c(C(=O)NC[C@@H](C)O)nn3C(C)(C)C)cc1. The number of nitrogens with zero attached hydrogens (tertiary/aromatic N) is 3. The van der Waals surface area contributed by atoms with Gasteiger partial charge in [0.25, 0.3) is 11.8 Å². The van der Waals surface area contributed by atoms with E-state index in [4.69, 9.17) is 0 Å². The van der Waals surface area contributed by atoms with E-state index in [1.165, 1.54) is 11.3 Å². The van der Waals surface area contributed by atoms with E-state index < -0.39 is 11.6 Å². The maximum Gasteiger partial charge on any atom is 0.273 e. The minimum absolute atomic E-state index is 0.124. The van der Waals surface area contributed by atoms with Crippen LogP contribution in [0.1, 0.15) is 54.1 Å². The Kier molecular flexibility index (Phi) is 5.72. The van der Waals surface area contributed by atoms with Gasteiger partial charge in [0.2, 0.25) is 0 Å². The second-order valence-electron chi connectivity index (χ2n) is 7.98. The van der Waals surface area contributed by atoms with Gasteiger partial charge in [0.15, 0.2) is 16.5 Å². The standard InChI is InChI=1S/C20H25N5O3S/c1-11-6-8-13(9-7-11)17(27)23-19-22-16-15(29-19)14(18(28)21-10-12(2)26)24-25(16)20(3,4)5/h6-9,12,26H,10H2,1-5H3,(H,21,28)(H,22,23,27)/t12-/m1/s1. The number of aliphatic hydroxyl groups is 1. The molecule has 0 saturated carbocycles. The summed E-state index contributed by atoms with van der Waals surface area (Å²) in [5.41, 5.74) is 1.95. The van der Waals surface area contributed by atoms with Crippen molar-refractivity contribution in [2.75, 3.05) is 11.9 Å². The predicted octanol–water partition coefficient (Wildman–Crippen LogP) is 2.92. The molecule has 1 atom stereocenters. The molecule has 0 unspecified atom stereocenters. The van der Waals surface area contributed by atoms with Gasteiger partial charge < -0.3 is 10.4 Å². The zero-order valence-corrected chi connectivity index (χ0v) is 17.9. The van der Waals surface area contributed by atoms with Crippen molar-refractivity contribution in [2.45, 2.75) is 46.3 Å². The molecule has 2 amide bonds. The molecule has 0 aliphatic carbocycles. The first-order valence-corrected chi connectivity index (χ1v) is 10.1. The quantitative estimate of drug-likeness (QED) is 0.594. The van der Waals surface area contributed by atoms with Gasteiger partial charge in [0.05, 0.1) is 11.6 Å². The minimum Gasteiger partial charge on any atom is -0.392 e. The lowest BCUT2D eigenvalue weighted by Crippen LogP contribution is -2.31. The molecule has 9 heteroatoms. The van der Waals surface area contributed by atoms with Crippen molar-refractivity contribution in [3.8, 4) is 0 Å². The molecule has 3 rings (SSSR count). The van der Waals surface area contributed by atoms with Gasteiger partial charge in [-0.15, -0.1) is 0 Å². The maximum atomic E-state index is 12.6. The van der Waals surface area contributed by atoms with Crippen LogP contribution in [0.4, 0.5) is 5.13 Å². The molecule has 154 valence electrons. The number of benzene rings is 1. The first-order chi connectivity index (χ1) is 13.6. The zero-order valence-electron chi connectivity index (χ0n) is 17.1. The second-order valence-corrected chi connectivity index (χ2v) is 8.98. The van der Waals surface area contributed by atoms with Crippen molar-refractivity contribution in [1.82, 2.24) is 20.1 Å². The molecule has 3 aromatic rings. The van der Waals surface area contributed by atoms with Crippen LogP contribution >= 0.6 is 11.3 Å². The van der Waals surface area contributed by atoms with Crippen LogP contribution in [-0.2, 0) is 5.54 Å². The molecule has 8 nitrogen and oxygen atoms in total. The maximum absolute atomic E-state index is 12.6. The van der Waals surface area contributed by atoms with Crippen LogP contribution in [0.5, 0.6) is 0 Å². The van der Waals surface area contributed by atoms with Crippen molar-refractivity contribution in [1.29, 1.82) is 0 Å². The third-order valence-corrected chi connectivity index (χ3v) is 5.13. The summed E-state index contributed by atoms with van der Waals surface area (Å²) in [5, 5.41) is 19.7. The number of carbonyl (C=O) groups excluding carboxylic acids is 2. The zero-order chi connectivity index (χ0) is 21.3. The number of carbonyl (C=O) groups is 2. The number of nitrogens with one attached hydrogen (secondary N) is 2. The Morgan fingerprint density at radius 1 is 1.21 bits per heavy atom. The summed E-state index contributed by atoms with van der Waals surface area (Å²) in [5.74, 6) is -0.657. The van der Waals surface area contributed by atoms with Crippen LogP contribution in [0.15, 0.2) is 24.3 Å². The summed E-state index contributed by atoms with van der Waals surface area (Å²) in [6.45, 7) is 9.55. The van der Waals surface area contributed by atoms with Gasteiger partial charge in [0, 0.05) is 12.1 Å². The Hall–Kier alpha value is -2.78. The number of hydrogen-bond acceptors (Lipinski definition) is 6. The molecule has 0 aliphatic heterocycles. The molecule has 3 N–H and O–H groups in total. The molecule has 0 saturated heterocycles. The van der Waals surface area contributed by atoms with Gasteiger partial charge in [-0.05, 0) is 46.8 Å². The highest BCUT2D eigenvalue weighted by Crippen LogP contribution is 2.32. The number of rotatable bonds is 5. The first-order valence-electron chi connectivity index (χ1n) is 9.30. The van der Waals surface area contributed by atoms with E-state index in [-0.39, 0.29) is 24.1 Å². The van der Waals surface area contributed by atoms with E-state index in [1.54, 1.807) is 23.7 Å². The van der Waals surface area contributed by atoms with Crippen LogP contribution in [0.2, 0.25) is 0 Å². The first kappa shape index (κ1) is 20.9. The van der Waals surface area contributed by atoms with E-state index in [1.807, 2.05) is 39.8 Å². The van der Waals surface area contributed by atoms with E-state index in [0.717, 1.165) is 5.56 Å². The number of hydrogen-bond donors (Lipinski definition) is 3. The minimum atomic E-state index is -0.662. The Labute approximate surface area is 173 Å². The fourth-order valence-electron chi connectivity index (χ4n) is 2.67. The van der Waals surface area contributed by atoms with E-state index in [0.29, 0.717) is 21.0 Å². The van der Waals surface area contributed by atoms with Crippen molar-refractivity contribution < 1.29 is 14.7 Å². The van der Waals surface area contributed by atoms with Gasteiger partial charge in [-0.1, -0.05) is 29.0 Å². The normalized spacial score (nSPS) is 12.8. The predicted molar refractivity (Wildman–Crippen MR) is 114 cm³/mol. The summed E-state index contributed by atoms with van der Waals surface area (Å²) in [6.07, 6.45) is -0.662. The molecule has 0 bridgehead atoms. The third-order valence-electron chi connectivity index (χ3n) is 4.17. The fourth-order valence-corrected chi connectivity index (χ4v) is 3.59. The van der Waals surface area contributed by atoms with Crippen LogP contribution in [-0.4, -0.2) is 44.3 Å². The average molecular weight is 416 g/mol. The topological polar surface area (TPSA) is 109 Å². The summed E-state index contributed by atoms with van der Waals surface area (Å²) in [4.78, 5) is 29.6. The van der Waals surface area contributed by atoms with Crippen molar-refractivity contribution in [3.05, 3.63) is 41.1 Å².